The molecule has 1 aromatic carbocycles. The topological polar surface area (TPSA) is 39.9 Å². The van der Waals surface area contributed by atoms with Gasteiger partial charge in [-0.2, -0.15) is 0 Å². The van der Waals surface area contributed by atoms with Crippen molar-refractivity contribution in [2.75, 3.05) is 7.11 Å². The number of pyridine rings is 1. The Morgan fingerprint density at radius 1 is 1.19 bits per heavy atom. The van der Waals surface area contributed by atoms with E-state index in [9.17, 15) is 0 Å². The fourth-order valence-electron chi connectivity index (χ4n) is 2.49. The maximum absolute atomic E-state index is 6.08. The highest BCUT2D eigenvalue weighted by Gasteiger charge is 2.15. The molecule has 3 aromatic rings. The highest BCUT2D eigenvalue weighted by Crippen LogP contribution is 2.27. The second-order valence-electron chi connectivity index (χ2n) is 4.95. The average Bonchev–Trinajstić information content (AvgIpc) is 2.87. The molecule has 0 bridgehead atoms. The third-order valence-electron chi connectivity index (χ3n) is 3.58. The Morgan fingerprint density at radius 2 is 2.00 bits per heavy atom. The van der Waals surface area contributed by atoms with Crippen LogP contribution in [0.5, 0.6) is 5.75 Å². The molecule has 2 heterocycles. The second kappa shape index (κ2) is 5.37. The number of aromatic nitrogens is 3. The van der Waals surface area contributed by atoms with Gasteiger partial charge in [-0.15, -0.1) is 11.6 Å². The lowest BCUT2D eigenvalue weighted by molar-refractivity contribution is 0.414. The number of methoxy groups -OCH3 is 1. The van der Waals surface area contributed by atoms with Crippen LogP contribution in [0.3, 0.4) is 0 Å². The van der Waals surface area contributed by atoms with E-state index in [-0.39, 0.29) is 0 Å². The standard InChI is InChI=1S/C16H16ClN3O/c1-10-6-7-18-16-15(10)19-14(9-17)20(16)13-5-4-12(21-3)8-11(13)2/h4-8H,9H2,1-3H3. The van der Waals surface area contributed by atoms with Gasteiger partial charge in [0.25, 0.3) is 0 Å². The molecule has 4 nitrogen and oxygen atoms in total. The van der Waals surface area contributed by atoms with Gasteiger partial charge in [0.15, 0.2) is 5.65 Å². The fourth-order valence-corrected chi connectivity index (χ4v) is 2.67. The van der Waals surface area contributed by atoms with Crippen molar-refractivity contribution in [1.29, 1.82) is 0 Å². The predicted molar refractivity (Wildman–Crippen MR) is 84.4 cm³/mol. The summed E-state index contributed by atoms with van der Waals surface area (Å²) < 4.78 is 7.28. The van der Waals surface area contributed by atoms with Gasteiger partial charge in [0.2, 0.25) is 0 Å². The molecule has 3 rings (SSSR count). The van der Waals surface area contributed by atoms with E-state index in [0.717, 1.165) is 39.6 Å². The van der Waals surface area contributed by atoms with Crippen molar-refractivity contribution >= 4 is 22.8 Å². The summed E-state index contributed by atoms with van der Waals surface area (Å²) in [5.74, 6) is 1.96. The Morgan fingerprint density at radius 3 is 2.67 bits per heavy atom. The van der Waals surface area contributed by atoms with Gasteiger partial charge in [0, 0.05) is 6.20 Å². The van der Waals surface area contributed by atoms with E-state index in [2.05, 4.69) is 9.97 Å². The maximum Gasteiger partial charge on any atom is 0.164 e. The Balaban J connectivity index is 2.31. The Kier molecular flexibility index (Phi) is 3.55. The first-order chi connectivity index (χ1) is 10.2. The van der Waals surface area contributed by atoms with Gasteiger partial charge in [-0.1, -0.05) is 0 Å². The molecule has 0 amide bonds. The molecule has 108 valence electrons. The second-order valence-corrected chi connectivity index (χ2v) is 5.22. The zero-order valence-electron chi connectivity index (χ0n) is 12.2. The van der Waals surface area contributed by atoms with Crippen LogP contribution in [0.15, 0.2) is 30.5 Å². The van der Waals surface area contributed by atoms with Crippen LogP contribution in [-0.4, -0.2) is 21.6 Å². The number of aryl methyl sites for hydroxylation is 2. The zero-order chi connectivity index (χ0) is 15.0. The van der Waals surface area contributed by atoms with E-state index < -0.39 is 0 Å². The van der Waals surface area contributed by atoms with E-state index in [1.807, 2.05) is 42.7 Å². The molecule has 0 spiro atoms. The van der Waals surface area contributed by atoms with Gasteiger partial charge in [-0.25, -0.2) is 9.97 Å². The van der Waals surface area contributed by atoms with E-state index in [0.29, 0.717) is 5.88 Å². The number of hydrogen-bond donors (Lipinski definition) is 0. The van der Waals surface area contributed by atoms with Crippen LogP contribution < -0.4 is 4.74 Å². The number of nitrogens with zero attached hydrogens (tertiary/aromatic N) is 3. The molecule has 0 aliphatic rings. The molecule has 0 fully saturated rings. The van der Waals surface area contributed by atoms with Crippen LogP contribution in [0.25, 0.3) is 16.9 Å². The van der Waals surface area contributed by atoms with Crippen LogP contribution in [0.4, 0.5) is 0 Å². The molecule has 0 saturated heterocycles. The summed E-state index contributed by atoms with van der Waals surface area (Å²) in [6.45, 7) is 4.07. The minimum atomic E-state index is 0.335. The number of rotatable bonds is 3. The van der Waals surface area contributed by atoms with Gasteiger partial charge in [-0.3, -0.25) is 4.57 Å². The fraction of sp³-hybridized carbons (Fsp3) is 0.250. The summed E-state index contributed by atoms with van der Waals surface area (Å²) in [6, 6.07) is 7.89. The summed E-state index contributed by atoms with van der Waals surface area (Å²) >= 11 is 6.08. The first-order valence-electron chi connectivity index (χ1n) is 6.69. The molecular weight excluding hydrogens is 286 g/mol. The molecule has 5 heteroatoms. The SMILES string of the molecule is COc1ccc(-n2c(CCl)nc3c(C)ccnc32)c(C)c1. The molecule has 0 saturated carbocycles. The first-order valence-corrected chi connectivity index (χ1v) is 7.23. The number of ether oxygens (including phenoxy) is 1. The van der Waals surface area contributed by atoms with E-state index in [4.69, 9.17) is 16.3 Å². The first kappa shape index (κ1) is 13.9. The largest absolute Gasteiger partial charge is 0.497 e. The number of fused-ring (bicyclic) bond motifs is 1. The Labute approximate surface area is 128 Å². The Bertz CT molecular complexity index is 811. The van der Waals surface area contributed by atoms with Crippen molar-refractivity contribution in [3.05, 3.63) is 47.4 Å². The zero-order valence-corrected chi connectivity index (χ0v) is 13.0. The molecule has 0 aliphatic carbocycles. The van der Waals surface area contributed by atoms with Crippen molar-refractivity contribution < 1.29 is 4.74 Å². The van der Waals surface area contributed by atoms with Crippen LogP contribution in [-0.2, 0) is 5.88 Å². The molecule has 0 radical (unpaired) electrons. The quantitative estimate of drug-likeness (QED) is 0.691. The number of halogens is 1. The van der Waals surface area contributed by atoms with Crippen LogP contribution in [0.2, 0.25) is 0 Å². The van der Waals surface area contributed by atoms with E-state index in [1.165, 1.54) is 0 Å². The molecule has 0 aliphatic heterocycles. The van der Waals surface area contributed by atoms with Gasteiger partial charge in [-0.05, 0) is 49.2 Å². The van der Waals surface area contributed by atoms with E-state index in [1.54, 1.807) is 13.3 Å². The van der Waals surface area contributed by atoms with Crippen molar-refractivity contribution in [3.63, 3.8) is 0 Å². The lowest BCUT2D eigenvalue weighted by atomic mass is 10.2. The molecule has 0 N–H and O–H groups in total. The van der Waals surface area contributed by atoms with Crippen molar-refractivity contribution in [2.24, 2.45) is 0 Å². The maximum atomic E-state index is 6.08. The monoisotopic (exact) mass is 301 g/mol. The Hall–Kier alpha value is -2.07. The minimum Gasteiger partial charge on any atom is -0.497 e. The molecule has 2 aromatic heterocycles. The van der Waals surface area contributed by atoms with Crippen LogP contribution in [0.1, 0.15) is 17.0 Å². The number of alkyl halides is 1. The minimum absolute atomic E-state index is 0.335. The number of benzene rings is 1. The molecule has 0 atom stereocenters. The normalized spacial score (nSPS) is 11.0. The summed E-state index contributed by atoms with van der Waals surface area (Å²) in [6.07, 6.45) is 1.80. The predicted octanol–water partition coefficient (Wildman–Crippen LogP) is 3.78. The van der Waals surface area contributed by atoms with Gasteiger partial charge < -0.3 is 4.74 Å². The van der Waals surface area contributed by atoms with Crippen molar-refractivity contribution in [3.8, 4) is 11.4 Å². The van der Waals surface area contributed by atoms with Crippen molar-refractivity contribution in [2.45, 2.75) is 19.7 Å². The molecule has 0 unspecified atom stereocenters. The summed E-state index contributed by atoms with van der Waals surface area (Å²) in [7, 11) is 1.66. The van der Waals surface area contributed by atoms with Gasteiger partial charge in [0.1, 0.15) is 17.1 Å². The lowest BCUT2D eigenvalue weighted by Crippen LogP contribution is -2.02. The van der Waals surface area contributed by atoms with Gasteiger partial charge >= 0.3 is 0 Å². The van der Waals surface area contributed by atoms with E-state index >= 15 is 0 Å². The third kappa shape index (κ3) is 2.25. The van der Waals surface area contributed by atoms with Crippen LogP contribution in [0, 0.1) is 13.8 Å². The highest BCUT2D eigenvalue weighted by atomic mass is 35.5. The lowest BCUT2D eigenvalue weighted by Gasteiger charge is -2.11. The number of imidazole rings is 1. The highest BCUT2D eigenvalue weighted by molar-refractivity contribution is 6.17. The van der Waals surface area contributed by atoms with Gasteiger partial charge in [0.05, 0.1) is 18.7 Å². The van der Waals surface area contributed by atoms with Crippen LogP contribution >= 0.6 is 11.6 Å². The third-order valence-corrected chi connectivity index (χ3v) is 3.82. The summed E-state index contributed by atoms with van der Waals surface area (Å²) in [4.78, 5) is 9.11. The summed E-state index contributed by atoms with van der Waals surface area (Å²) in [5, 5.41) is 0. The molecule has 21 heavy (non-hydrogen) atoms. The van der Waals surface area contributed by atoms with Crippen molar-refractivity contribution in [1.82, 2.24) is 14.5 Å². The number of hydrogen-bond acceptors (Lipinski definition) is 3. The molecular formula is C16H16ClN3O. The smallest absolute Gasteiger partial charge is 0.164 e. The summed E-state index contributed by atoms with van der Waals surface area (Å²) in [5.41, 5.74) is 4.92. The average molecular weight is 302 g/mol.